The molecule has 53 heavy (non-hydrogen) atoms. The van der Waals surface area contributed by atoms with Gasteiger partial charge in [-0.05, 0) is 105 Å². The fourth-order valence-corrected chi connectivity index (χ4v) is 8.60. The third-order valence-corrected chi connectivity index (χ3v) is 11.2. The average Bonchev–Trinajstić information content (AvgIpc) is 3.67. The van der Waals surface area contributed by atoms with Gasteiger partial charge in [0.05, 0.1) is 11.0 Å². The van der Waals surface area contributed by atoms with Gasteiger partial charge in [0.15, 0.2) is 0 Å². The molecule has 2 heteroatoms. The molecule has 1 aromatic heterocycles. The minimum Gasteiger partial charge on any atom is -0.310 e. The van der Waals surface area contributed by atoms with Crippen molar-refractivity contribution in [3.8, 4) is 39.1 Å². The molecule has 1 aliphatic carbocycles. The number of anilines is 3. The molecule has 0 aliphatic heterocycles. The van der Waals surface area contributed by atoms with Crippen LogP contribution in [0.4, 0.5) is 17.1 Å². The van der Waals surface area contributed by atoms with Crippen LogP contribution < -0.4 is 4.90 Å². The molecule has 1 aliphatic rings. The number of aromatic nitrogens is 1. The van der Waals surface area contributed by atoms with E-state index in [1.165, 1.54) is 72.0 Å². The second-order valence-electron chi connectivity index (χ2n) is 14.6. The third kappa shape index (κ3) is 5.02. The maximum absolute atomic E-state index is 2.42. The number of hydrogen-bond acceptors (Lipinski definition) is 1. The van der Waals surface area contributed by atoms with Gasteiger partial charge in [-0.25, -0.2) is 0 Å². The first-order valence-electron chi connectivity index (χ1n) is 18.4. The van der Waals surface area contributed by atoms with Gasteiger partial charge >= 0.3 is 0 Å². The van der Waals surface area contributed by atoms with Gasteiger partial charge in [-0.1, -0.05) is 147 Å². The van der Waals surface area contributed by atoms with Crippen LogP contribution in [-0.4, -0.2) is 4.57 Å². The predicted octanol–water partition coefficient (Wildman–Crippen LogP) is 13.9. The van der Waals surface area contributed by atoms with Crippen molar-refractivity contribution in [3.63, 3.8) is 0 Å². The zero-order valence-electron chi connectivity index (χ0n) is 29.9. The Labute approximate surface area is 310 Å². The summed E-state index contributed by atoms with van der Waals surface area (Å²) in [5.41, 5.74) is 17.2. The van der Waals surface area contributed by atoms with Gasteiger partial charge < -0.3 is 9.47 Å². The minimum atomic E-state index is -0.168. The molecule has 0 atom stereocenters. The molecule has 1 heterocycles. The van der Waals surface area contributed by atoms with Gasteiger partial charge in [-0.3, -0.25) is 0 Å². The highest BCUT2D eigenvalue weighted by atomic mass is 15.1. The van der Waals surface area contributed by atoms with E-state index < -0.39 is 0 Å². The lowest BCUT2D eigenvalue weighted by Crippen LogP contribution is -2.16. The highest BCUT2D eigenvalue weighted by Crippen LogP contribution is 2.53. The second-order valence-corrected chi connectivity index (χ2v) is 14.6. The standard InChI is InChI=1S/C51H38N2/c1-51(2)46-21-13-20-42(37-26-30-40(31-27-37)53-48-22-11-9-18-43(48)44-19-10-12-23-49(44)53)50(46)45-33-32-41(34-47(45)51)52(38-16-7-4-8-17-38)39-28-24-36(25-29-39)35-14-5-3-6-15-35/h3-34H,1-2H3. The predicted molar refractivity (Wildman–Crippen MR) is 224 cm³/mol. The number of rotatable bonds is 6. The van der Waals surface area contributed by atoms with Crippen molar-refractivity contribution in [2.45, 2.75) is 19.3 Å². The quantitative estimate of drug-likeness (QED) is 0.170. The van der Waals surface area contributed by atoms with E-state index in [1.807, 2.05) is 0 Å². The van der Waals surface area contributed by atoms with Gasteiger partial charge in [0.25, 0.3) is 0 Å². The van der Waals surface area contributed by atoms with Crippen molar-refractivity contribution < 1.29 is 0 Å². The van der Waals surface area contributed by atoms with Crippen LogP contribution in [0.25, 0.3) is 60.9 Å². The summed E-state index contributed by atoms with van der Waals surface area (Å²) < 4.78 is 2.39. The molecule has 0 bridgehead atoms. The lowest BCUT2D eigenvalue weighted by atomic mass is 9.81. The fourth-order valence-electron chi connectivity index (χ4n) is 8.60. The molecule has 0 spiro atoms. The van der Waals surface area contributed by atoms with E-state index in [1.54, 1.807) is 0 Å². The zero-order chi connectivity index (χ0) is 35.5. The summed E-state index contributed by atoms with van der Waals surface area (Å²) in [6.45, 7) is 4.75. The summed E-state index contributed by atoms with van der Waals surface area (Å²) >= 11 is 0. The molecule has 0 radical (unpaired) electrons. The summed E-state index contributed by atoms with van der Waals surface area (Å²) in [7, 11) is 0. The van der Waals surface area contributed by atoms with Gasteiger partial charge in [0, 0.05) is 38.9 Å². The fraction of sp³-hybridized carbons (Fsp3) is 0.0588. The van der Waals surface area contributed by atoms with E-state index in [0.717, 1.165) is 17.1 Å². The Morgan fingerprint density at radius 3 is 1.62 bits per heavy atom. The Bertz CT molecular complexity index is 2720. The van der Waals surface area contributed by atoms with Gasteiger partial charge in [-0.15, -0.1) is 0 Å². The smallest absolute Gasteiger partial charge is 0.0541 e. The first-order valence-corrected chi connectivity index (χ1v) is 18.4. The monoisotopic (exact) mass is 678 g/mol. The van der Waals surface area contributed by atoms with Crippen LogP contribution in [0, 0.1) is 0 Å². The highest BCUT2D eigenvalue weighted by Gasteiger charge is 2.37. The number of nitrogens with zero attached hydrogens (tertiary/aromatic N) is 2. The van der Waals surface area contributed by atoms with Crippen LogP contribution >= 0.6 is 0 Å². The van der Waals surface area contributed by atoms with Crippen LogP contribution in [0.15, 0.2) is 194 Å². The number of benzene rings is 8. The average molecular weight is 679 g/mol. The van der Waals surface area contributed by atoms with Gasteiger partial charge in [-0.2, -0.15) is 0 Å². The summed E-state index contributed by atoms with van der Waals surface area (Å²) in [6, 6.07) is 70.7. The Morgan fingerprint density at radius 2 is 0.943 bits per heavy atom. The third-order valence-electron chi connectivity index (χ3n) is 11.2. The van der Waals surface area contributed by atoms with Crippen LogP contribution in [0.2, 0.25) is 0 Å². The molecule has 0 saturated heterocycles. The van der Waals surface area contributed by atoms with Gasteiger partial charge in [0.1, 0.15) is 0 Å². The maximum atomic E-state index is 2.42. The first-order chi connectivity index (χ1) is 26.1. The van der Waals surface area contributed by atoms with Crippen LogP contribution in [0.3, 0.4) is 0 Å². The van der Waals surface area contributed by atoms with Crippen molar-refractivity contribution in [3.05, 3.63) is 205 Å². The van der Waals surface area contributed by atoms with Crippen LogP contribution in [0.5, 0.6) is 0 Å². The highest BCUT2D eigenvalue weighted by molar-refractivity contribution is 6.09. The normalized spacial score (nSPS) is 12.9. The van der Waals surface area contributed by atoms with Crippen LogP contribution in [-0.2, 0) is 5.41 Å². The Hall–Kier alpha value is -6.64. The molecule has 8 aromatic carbocycles. The topological polar surface area (TPSA) is 8.17 Å². The van der Waals surface area contributed by atoms with E-state index >= 15 is 0 Å². The van der Waals surface area contributed by atoms with E-state index in [9.17, 15) is 0 Å². The van der Waals surface area contributed by atoms with E-state index in [-0.39, 0.29) is 5.41 Å². The first kappa shape index (κ1) is 31.1. The molecule has 0 fully saturated rings. The summed E-state index contributed by atoms with van der Waals surface area (Å²) in [6.07, 6.45) is 0. The van der Waals surface area contributed by atoms with E-state index in [0.29, 0.717) is 0 Å². The lowest BCUT2D eigenvalue weighted by Gasteiger charge is -2.28. The van der Waals surface area contributed by atoms with Crippen molar-refractivity contribution in [2.24, 2.45) is 0 Å². The van der Waals surface area contributed by atoms with Crippen LogP contribution in [0.1, 0.15) is 25.0 Å². The molecule has 0 amide bonds. The molecule has 0 saturated carbocycles. The minimum absolute atomic E-state index is 0.168. The second kappa shape index (κ2) is 12.3. The molecule has 252 valence electrons. The Kier molecular flexibility index (Phi) is 7.19. The zero-order valence-corrected chi connectivity index (χ0v) is 29.9. The molecule has 9 aromatic rings. The van der Waals surface area contributed by atoms with Crippen molar-refractivity contribution in [1.29, 1.82) is 0 Å². The molecular formula is C51H38N2. The Morgan fingerprint density at radius 1 is 0.396 bits per heavy atom. The van der Waals surface area contributed by atoms with Crippen molar-refractivity contribution >= 4 is 38.9 Å². The molecule has 0 unspecified atom stereocenters. The molecule has 0 N–H and O–H groups in total. The maximum Gasteiger partial charge on any atom is 0.0541 e. The van der Waals surface area contributed by atoms with E-state index in [4.69, 9.17) is 0 Å². The number of para-hydroxylation sites is 3. The molecular weight excluding hydrogens is 641 g/mol. The number of hydrogen-bond donors (Lipinski definition) is 0. The van der Waals surface area contributed by atoms with E-state index in [2.05, 4.69) is 217 Å². The summed E-state index contributed by atoms with van der Waals surface area (Å²) in [5.74, 6) is 0. The summed E-state index contributed by atoms with van der Waals surface area (Å²) in [4.78, 5) is 2.38. The van der Waals surface area contributed by atoms with Crippen molar-refractivity contribution in [2.75, 3.05) is 4.90 Å². The summed E-state index contributed by atoms with van der Waals surface area (Å²) in [5, 5.41) is 2.56. The molecule has 2 nitrogen and oxygen atoms in total. The number of fused-ring (bicyclic) bond motifs is 6. The lowest BCUT2D eigenvalue weighted by molar-refractivity contribution is 0.660. The molecule has 10 rings (SSSR count). The largest absolute Gasteiger partial charge is 0.310 e. The SMILES string of the molecule is CC1(C)c2cc(N(c3ccccc3)c3ccc(-c4ccccc4)cc3)ccc2-c2c(-c3ccc(-n4c5ccccc5c5ccccc54)cc3)cccc21. The van der Waals surface area contributed by atoms with Crippen molar-refractivity contribution in [1.82, 2.24) is 4.57 Å². The Balaban J connectivity index is 1.06. The van der Waals surface area contributed by atoms with Gasteiger partial charge in [0.2, 0.25) is 0 Å².